The third kappa shape index (κ3) is 4.12. The predicted octanol–water partition coefficient (Wildman–Crippen LogP) is 1.55. The third-order valence-corrected chi connectivity index (χ3v) is 3.56. The van der Waals surface area contributed by atoms with Gasteiger partial charge in [0.15, 0.2) is 4.96 Å². The van der Waals surface area contributed by atoms with Gasteiger partial charge in [0.05, 0.1) is 0 Å². The molecular formula is C14H19N3O3S. The topological polar surface area (TPSA) is 72.7 Å². The van der Waals surface area contributed by atoms with Gasteiger partial charge in [0, 0.05) is 37.5 Å². The highest BCUT2D eigenvalue weighted by Gasteiger charge is 2.12. The first-order valence-corrected chi connectivity index (χ1v) is 7.78. The van der Waals surface area contributed by atoms with Crippen LogP contribution in [0.2, 0.25) is 0 Å². The van der Waals surface area contributed by atoms with Gasteiger partial charge in [-0.25, -0.2) is 4.98 Å². The zero-order valence-electron chi connectivity index (χ0n) is 12.2. The number of amides is 1. The van der Waals surface area contributed by atoms with Crippen LogP contribution in [-0.2, 0) is 4.74 Å². The third-order valence-electron chi connectivity index (χ3n) is 2.79. The summed E-state index contributed by atoms with van der Waals surface area (Å²) in [4.78, 5) is 28.7. The molecule has 1 N–H and O–H groups in total. The molecule has 2 aromatic rings. The van der Waals surface area contributed by atoms with Crippen LogP contribution >= 0.6 is 11.3 Å². The number of carbonyl (C=O) groups is 1. The second-order valence-corrected chi connectivity index (χ2v) is 5.98. The maximum Gasteiger partial charge on any atom is 0.271 e. The molecule has 7 heteroatoms. The van der Waals surface area contributed by atoms with Crippen molar-refractivity contribution in [2.75, 3.05) is 19.8 Å². The van der Waals surface area contributed by atoms with Crippen molar-refractivity contribution in [3.8, 4) is 0 Å². The molecule has 6 nitrogen and oxygen atoms in total. The normalized spacial score (nSPS) is 11.2. The zero-order valence-corrected chi connectivity index (χ0v) is 13.0. The summed E-state index contributed by atoms with van der Waals surface area (Å²) in [7, 11) is 0. The molecule has 0 saturated carbocycles. The van der Waals surface area contributed by atoms with Gasteiger partial charge in [0.2, 0.25) is 0 Å². The lowest BCUT2D eigenvalue weighted by Crippen LogP contribution is -2.32. The maximum atomic E-state index is 12.1. The summed E-state index contributed by atoms with van der Waals surface area (Å²) in [5.41, 5.74) is -0.274. The molecular weight excluding hydrogens is 290 g/mol. The number of hydrogen-bond donors (Lipinski definition) is 1. The highest BCUT2D eigenvalue weighted by atomic mass is 32.1. The molecule has 0 radical (unpaired) electrons. The van der Waals surface area contributed by atoms with Crippen molar-refractivity contribution in [3.63, 3.8) is 0 Å². The first-order valence-electron chi connectivity index (χ1n) is 6.90. The van der Waals surface area contributed by atoms with E-state index in [0.717, 1.165) is 0 Å². The number of hydrogen-bond acceptors (Lipinski definition) is 5. The molecule has 0 saturated heterocycles. The van der Waals surface area contributed by atoms with Crippen molar-refractivity contribution in [1.82, 2.24) is 14.7 Å². The van der Waals surface area contributed by atoms with Gasteiger partial charge in [0.25, 0.3) is 11.5 Å². The Bertz CT molecular complexity index is 663. The van der Waals surface area contributed by atoms with Crippen LogP contribution in [0.3, 0.4) is 0 Å². The molecule has 21 heavy (non-hydrogen) atoms. The Kier molecular flexibility index (Phi) is 5.46. The Morgan fingerprint density at radius 1 is 1.52 bits per heavy atom. The molecule has 2 heterocycles. The van der Waals surface area contributed by atoms with Gasteiger partial charge < -0.3 is 10.1 Å². The second-order valence-electron chi connectivity index (χ2n) is 5.11. The number of thiazole rings is 1. The minimum atomic E-state index is -0.392. The minimum absolute atomic E-state index is 0.0639. The molecule has 114 valence electrons. The van der Waals surface area contributed by atoms with Crippen LogP contribution < -0.4 is 10.9 Å². The number of aromatic nitrogens is 2. The first-order chi connectivity index (χ1) is 10.1. The summed E-state index contributed by atoms with van der Waals surface area (Å²) < 4.78 is 6.81. The molecule has 0 aliphatic heterocycles. The lowest BCUT2D eigenvalue weighted by molar-refractivity contribution is 0.0923. The number of nitrogens with one attached hydrogen (secondary N) is 1. The molecule has 0 unspecified atom stereocenters. The Labute approximate surface area is 126 Å². The van der Waals surface area contributed by atoms with Crippen molar-refractivity contribution in [2.24, 2.45) is 5.92 Å². The van der Waals surface area contributed by atoms with Gasteiger partial charge in [-0.15, -0.1) is 11.3 Å². The van der Waals surface area contributed by atoms with Crippen molar-refractivity contribution in [2.45, 2.75) is 20.3 Å². The Hall–Kier alpha value is -1.73. The summed E-state index contributed by atoms with van der Waals surface area (Å²) >= 11 is 1.35. The van der Waals surface area contributed by atoms with E-state index in [4.69, 9.17) is 4.74 Å². The Morgan fingerprint density at radius 2 is 2.33 bits per heavy atom. The molecule has 0 aromatic carbocycles. The zero-order chi connectivity index (χ0) is 15.2. The van der Waals surface area contributed by atoms with E-state index in [1.54, 1.807) is 11.6 Å². The number of nitrogens with zero attached hydrogens (tertiary/aromatic N) is 2. The quantitative estimate of drug-likeness (QED) is 0.788. The van der Waals surface area contributed by atoms with Gasteiger partial charge in [-0.1, -0.05) is 13.8 Å². The molecule has 0 aliphatic carbocycles. The van der Waals surface area contributed by atoms with Gasteiger partial charge >= 0.3 is 0 Å². The van der Waals surface area contributed by atoms with E-state index in [9.17, 15) is 9.59 Å². The van der Waals surface area contributed by atoms with E-state index in [2.05, 4.69) is 24.1 Å². The van der Waals surface area contributed by atoms with E-state index in [1.807, 2.05) is 0 Å². The minimum Gasteiger partial charge on any atom is -0.381 e. The predicted molar refractivity (Wildman–Crippen MR) is 81.9 cm³/mol. The fourth-order valence-corrected chi connectivity index (χ4v) is 2.45. The van der Waals surface area contributed by atoms with Gasteiger partial charge in [0.1, 0.15) is 5.56 Å². The highest BCUT2D eigenvalue weighted by Crippen LogP contribution is 2.05. The van der Waals surface area contributed by atoms with Crippen molar-refractivity contribution >= 4 is 22.2 Å². The molecule has 2 rings (SSSR count). The van der Waals surface area contributed by atoms with Crippen LogP contribution in [0.4, 0.5) is 0 Å². The lowest BCUT2D eigenvalue weighted by Gasteiger charge is -2.07. The summed E-state index contributed by atoms with van der Waals surface area (Å²) in [5.74, 6) is 0.111. The molecule has 0 bridgehead atoms. The van der Waals surface area contributed by atoms with E-state index in [0.29, 0.717) is 37.1 Å². The first kappa shape index (κ1) is 15.7. The number of rotatable bonds is 7. The lowest BCUT2D eigenvalue weighted by atomic mass is 10.2. The molecule has 2 aromatic heterocycles. The average Bonchev–Trinajstić information content (AvgIpc) is 2.92. The van der Waals surface area contributed by atoms with Gasteiger partial charge in [-0.3, -0.25) is 14.0 Å². The SMILES string of the molecule is CC(C)COCCCNC(=O)c1cnc2sccn2c1=O. The van der Waals surface area contributed by atoms with Crippen molar-refractivity contribution in [3.05, 3.63) is 33.7 Å². The number of carbonyl (C=O) groups excluding carboxylic acids is 1. The maximum absolute atomic E-state index is 12.1. The fraction of sp³-hybridized carbons (Fsp3) is 0.500. The number of fused-ring (bicyclic) bond motifs is 1. The van der Waals surface area contributed by atoms with Gasteiger partial charge in [-0.05, 0) is 12.3 Å². The molecule has 0 spiro atoms. The second kappa shape index (κ2) is 7.33. The van der Waals surface area contributed by atoms with E-state index in [1.165, 1.54) is 21.9 Å². The molecule has 0 fully saturated rings. The van der Waals surface area contributed by atoms with Crippen LogP contribution in [-0.4, -0.2) is 35.1 Å². The summed E-state index contributed by atoms with van der Waals surface area (Å²) in [6.07, 6.45) is 3.67. The smallest absolute Gasteiger partial charge is 0.271 e. The van der Waals surface area contributed by atoms with E-state index < -0.39 is 5.91 Å². The number of ether oxygens (including phenoxy) is 1. The Balaban J connectivity index is 1.85. The summed E-state index contributed by atoms with van der Waals surface area (Å²) in [6, 6.07) is 0. The van der Waals surface area contributed by atoms with Crippen LogP contribution in [0.15, 0.2) is 22.6 Å². The standard InChI is InChI=1S/C14H19N3O3S/c1-10(2)9-20-6-3-4-15-12(18)11-8-16-14-17(13(11)19)5-7-21-14/h5,7-8,10H,3-4,6,9H2,1-2H3,(H,15,18). The fourth-order valence-electron chi connectivity index (χ4n) is 1.77. The molecule has 1 amide bonds. The Morgan fingerprint density at radius 3 is 3.10 bits per heavy atom. The monoisotopic (exact) mass is 309 g/mol. The summed E-state index contributed by atoms with van der Waals surface area (Å²) in [5, 5.41) is 4.48. The molecule has 0 atom stereocenters. The van der Waals surface area contributed by atoms with Gasteiger partial charge in [-0.2, -0.15) is 0 Å². The molecule has 0 aliphatic rings. The average molecular weight is 309 g/mol. The van der Waals surface area contributed by atoms with E-state index in [-0.39, 0.29) is 11.1 Å². The van der Waals surface area contributed by atoms with Crippen LogP contribution in [0.5, 0.6) is 0 Å². The van der Waals surface area contributed by atoms with Crippen molar-refractivity contribution < 1.29 is 9.53 Å². The van der Waals surface area contributed by atoms with Crippen molar-refractivity contribution in [1.29, 1.82) is 0 Å². The van der Waals surface area contributed by atoms with E-state index >= 15 is 0 Å². The highest BCUT2D eigenvalue weighted by molar-refractivity contribution is 7.15. The largest absolute Gasteiger partial charge is 0.381 e. The summed E-state index contributed by atoms with van der Waals surface area (Å²) in [6.45, 7) is 5.96. The van der Waals surface area contributed by atoms with Crippen LogP contribution in [0, 0.1) is 5.92 Å². The van der Waals surface area contributed by atoms with Crippen LogP contribution in [0.1, 0.15) is 30.6 Å². The van der Waals surface area contributed by atoms with Crippen LogP contribution in [0.25, 0.3) is 4.96 Å².